The van der Waals surface area contributed by atoms with Crippen molar-refractivity contribution in [2.45, 2.75) is 50.6 Å². The molecule has 0 aromatic carbocycles. The number of carboxylic acids is 1. The molecular weight excluding hydrogens is 264 g/mol. The predicted molar refractivity (Wildman–Crippen MR) is 74.4 cm³/mol. The van der Waals surface area contributed by atoms with Gasteiger partial charge in [0.1, 0.15) is 12.1 Å². The van der Waals surface area contributed by atoms with Crippen molar-refractivity contribution in [2.75, 3.05) is 13.1 Å². The van der Waals surface area contributed by atoms with E-state index in [-0.39, 0.29) is 0 Å². The molecular formula is C12H26N4O4. The maximum absolute atomic E-state index is 11.5. The van der Waals surface area contributed by atoms with Gasteiger partial charge in [0, 0.05) is 0 Å². The molecule has 0 radical (unpaired) electrons. The smallest absolute Gasteiger partial charge is 0.341 e. The van der Waals surface area contributed by atoms with Gasteiger partial charge in [0.2, 0.25) is 0 Å². The van der Waals surface area contributed by atoms with Crippen LogP contribution < -0.4 is 22.7 Å². The molecule has 0 heterocycles. The van der Waals surface area contributed by atoms with Crippen LogP contribution in [0.1, 0.15) is 38.5 Å². The molecule has 8 heteroatoms. The summed E-state index contributed by atoms with van der Waals surface area (Å²) in [6, 6.07) is -1.71. The standard InChI is InChI=1S/C12H26N4O4/c13-7-3-1-5-9(15)12(19)20-16-10(11(17)18)6-2-4-8-14/h9-10,16H,1-8,13-15H2,(H,17,18)/t9-,10+/m0/s1. The van der Waals surface area contributed by atoms with E-state index in [0.29, 0.717) is 32.4 Å². The lowest BCUT2D eigenvalue weighted by atomic mass is 10.1. The highest BCUT2D eigenvalue weighted by molar-refractivity contribution is 5.76. The van der Waals surface area contributed by atoms with Crippen molar-refractivity contribution in [1.82, 2.24) is 5.48 Å². The Hall–Kier alpha value is -1.22. The van der Waals surface area contributed by atoms with Gasteiger partial charge in [0.25, 0.3) is 0 Å². The van der Waals surface area contributed by atoms with E-state index < -0.39 is 24.0 Å². The van der Waals surface area contributed by atoms with Crippen molar-refractivity contribution in [3.63, 3.8) is 0 Å². The quantitative estimate of drug-likeness (QED) is 0.228. The van der Waals surface area contributed by atoms with Crippen LogP contribution >= 0.6 is 0 Å². The Morgan fingerprint density at radius 2 is 1.60 bits per heavy atom. The Morgan fingerprint density at radius 3 is 2.10 bits per heavy atom. The summed E-state index contributed by atoms with van der Waals surface area (Å²) in [7, 11) is 0. The van der Waals surface area contributed by atoms with E-state index >= 15 is 0 Å². The lowest BCUT2D eigenvalue weighted by Crippen LogP contribution is -2.42. The van der Waals surface area contributed by atoms with Crippen LogP contribution in [-0.2, 0) is 14.4 Å². The van der Waals surface area contributed by atoms with Crippen LogP contribution in [0.4, 0.5) is 0 Å². The Bertz CT molecular complexity index is 289. The van der Waals surface area contributed by atoms with Crippen molar-refractivity contribution in [3.05, 3.63) is 0 Å². The second-order valence-electron chi connectivity index (χ2n) is 4.61. The molecule has 20 heavy (non-hydrogen) atoms. The molecule has 0 amide bonds. The van der Waals surface area contributed by atoms with Gasteiger partial charge in [-0.3, -0.25) is 4.79 Å². The molecule has 0 unspecified atom stereocenters. The molecule has 0 saturated heterocycles. The number of rotatable bonds is 12. The zero-order valence-corrected chi connectivity index (χ0v) is 11.7. The maximum Gasteiger partial charge on any atom is 0.341 e. The number of hydroxylamine groups is 1. The molecule has 0 spiro atoms. The first kappa shape index (κ1) is 18.8. The SMILES string of the molecule is NCCCC[C@H](N)C(=O)ON[C@H](CCCCN)C(=O)O. The first-order valence-corrected chi connectivity index (χ1v) is 6.87. The van der Waals surface area contributed by atoms with E-state index in [1.165, 1.54) is 0 Å². The zero-order chi connectivity index (χ0) is 15.4. The maximum atomic E-state index is 11.5. The van der Waals surface area contributed by atoms with Gasteiger partial charge in [-0.1, -0.05) is 6.42 Å². The minimum absolute atomic E-state index is 0.336. The van der Waals surface area contributed by atoms with Crippen LogP contribution in [0.25, 0.3) is 0 Å². The van der Waals surface area contributed by atoms with E-state index in [9.17, 15) is 9.59 Å². The fourth-order valence-electron chi connectivity index (χ4n) is 1.56. The van der Waals surface area contributed by atoms with Crippen LogP contribution in [0.3, 0.4) is 0 Å². The van der Waals surface area contributed by atoms with E-state index in [2.05, 4.69) is 5.48 Å². The number of hydrogen-bond acceptors (Lipinski definition) is 7. The largest absolute Gasteiger partial charge is 0.480 e. The minimum Gasteiger partial charge on any atom is -0.480 e. The fourth-order valence-corrected chi connectivity index (χ4v) is 1.56. The molecule has 118 valence electrons. The molecule has 0 bridgehead atoms. The lowest BCUT2D eigenvalue weighted by molar-refractivity contribution is -0.159. The van der Waals surface area contributed by atoms with Crippen molar-refractivity contribution in [2.24, 2.45) is 17.2 Å². The molecule has 0 aromatic rings. The first-order valence-electron chi connectivity index (χ1n) is 6.87. The topological polar surface area (TPSA) is 154 Å². The van der Waals surface area contributed by atoms with Gasteiger partial charge in [-0.2, -0.15) is 0 Å². The number of carbonyl (C=O) groups excluding carboxylic acids is 1. The number of hydrogen-bond donors (Lipinski definition) is 5. The summed E-state index contributed by atoms with van der Waals surface area (Å²) in [5.74, 6) is -1.74. The fraction of sp³-hybridized carbons (Fsp3) is 0.833. The van der Waals surface area contributed by atoms with Crippen LogP contribution in [0, 0.1) is 0 Å². The van der Waals surface area contributed by atoms with Crippen LogP contribution in [0.5, 0.6) is 0 Å². The van der Waals surface area contributed by atoms with Gasteiger partial charge in [0.05, 0.1) is 0 Å². The second-order valence-corrected chi connectivity index (χ2v) is 4.61. The first-order chi connectivity index (χ1) is 9.52. The van der Waals surface area contributed by atoms with Gasteiger partial charge in [0.15, 0.2) is 0 Å². The third-order valence-corrected chi connectivity index (χ3v) is 2.82. The summed E-state index contributed by atoms with van der Waals surface area (Å²) >= 11 is 0. The number of carbonyl (C=O) groups is 2. The second kappa shape index (κ2) is 11.6. The number of aliphatic carboxylic acids is 1. The molecule has 0 fully saturated rings. The van der Waals surface area contributed by atoms with Crippen LogP contribution in [-0.4, -0.2) is 42.2 Å². The molecule has 0 rings (SSSR count). The highest BCUT2D eigenvalue weighted by atomic mass is 16.7. The minimum atomic E-state index is -1.08. The summed E-state index contributed by atoms with van der Waals surface area (Å²) in [4.78, 5) is 27.2. The molecule has 0 aliphatic rings. The lowest BCUT2D eigenvalue weighted by Gasteiger charge is -2.16. The monoisotopic (exact) mass is 290 g/mol. The third kappa shape index (κ3) is 8.81. The van der Waals surface area contributed by atoms with Crippen molar-refractivity contribution < 1.29 is 19.5 Å². The van der Waals surface area contributed by atoms with Gasteiger partial charge >= 0.3 is 11.9 Å². The number of unbranched alkanes of at least 4 members (excludes halogenated alkanes) is 2. The van der Waals surface area contributed by atoms with Gasteiger partial charge in [-0.15, -0.1) is 5.48 Å². The Kier molecular flexibility index (Phi) is 10.9. The molecule has 0 aromatic heterocycles. The molecule has 8 nitrogen and oxygen atoms in total. The normalized spacial score (nSPS) is 13.8. The zero-order valence-electron chi connectivity index (χ0n) is 11.7. The van der Waals surface area contributed by atoms with E-state index in [1.54, 1.807) is 0 Å². The average Bonchev–Trinajstić information content (AvgIpc) is 2.42. The summed E-state index contributed by atoms with van der Waals surface area (Å²) < 4.78 is 0. The molecule has 2 atom stereocenters. The Morgan fingerprint density at radius 1 is 1.05 bits per heavy atom. The van der Waals surface area contributed by atoms with Gasteiger partial charge in [-0.05, 0) is 45.2 Å². The van der Waals surface area contributed by atoms with E-state index in [1.807, 2.05) is 0 Å². The third-order valence-electron chi connectivity index (χ3n) is 2.82. The predicted octanol–water partition coefficient (Wildman–Crippen LogP) is -0.927. The van der Waals surface area contributed by atoms with Crippen molar-refractivity contribution >= 4 is 11.9 Å². The average molecular weight is 290 g/mol. The number of nitrogens with one attached hydrogen (secondary N) is 1. The highest BCUT2D eigenvalue weighted by Gasteiger charge is 2.21. The Labute approximate surface area is 119 Å². The number of carboxylic acid groups (broad SMARTS) is 1. The van der Waals surface area contributed by atoms with Crippen molar-refractivity contribution in [1.29, 1.82) is 0 Å². The highest BCUT2D eigenvalue weighted by Crippen LogP contribution is 2.03. The number of nitrogens with two attached hydrogens (primary N) is 3. The van der Waals surface area contributed by atoms with Crippen LogP contribution in [0.15, 0.2) is 0 Å². The molecule has 0 saturated carbocycles. The Balaban J connectivity index is 4.00. The summed E-state index contributed by atoms with van der Waals surface area (Å²) in [6.07, 6.45) is 3.67. The molecule has 8 N–H and O–H groups in total. The summed E-state index contributed by atoms with van der Waals surface area (Å²) in [5.41, 5.74) is 18.5. The summed E-state index contributed by atoms with van der Waals surface area (Å²) in [6.45, 7) is 1.04. The van der Waals surface area contributed by atoms with Crippen molar-refractivity contribution in [3.8, 4) is 0 Å². The van der Waals surface area contributed by atoms with Gasteiger partial charge < -0.3 is 27.1 Å². The van der Waals surface area contributed by atoms with Gasteiger partial charge in [-0.25, -0.2) is 4.79 Å². The molecule has 0 aliphatic carbocycles. The van der Waals surface area contributed by atoms with Crippen LogP contribution in [0.2, 0.25) is 0 Å². The van der Waals surface area contributed by atoms with E-state index in [4.69, 9.17) is 27.1 Å². The van der Waals surface area contributed by atoms with E-state index in [0.717, 1.165) is 19.3 Å². The molecule has 0 aliphatic heterocycles. The summed E-state index contributed by atoms with van der Waals surface area (Å²) in [5, 5.41) is 8.97.